The summed E-state index contributed by atoms with van der Waals surface area (Å²) in [5.41, 5.74) is 8.45. The molecule has 100 valence electrons. The third-order valence-electron chi connectivity index (χ3n) is 3.87. The second-order valence-corrected chi connectivity index (χ2v) is 5.20. The van der Waals surface area contributed by atoms with Gasteiger partial charge in [0.2, 0.25) is 0 Å². The molecule has 4 heteroatoms. The van der Waals surface area contributed by atoms with E-state index in [1.54, 1.807) is 6.20 Å². The van der Waals surface area contributed by atoms with Crippen LogP contribution in [0.2, 0.25) is 0 Å². The number of fused-ring (bicyclic) bond motifs is 1. The molecule has 0 bridgehead atoms. The van der Waals surface area contributed by atoms with Gasteiger partial charge >= 0.3 is 0 Å². The number of anilines is 2. The monoisotopic (exact) mass is 257 g/mol. The third-order valence-corrected chi connectivity index (χ3v) is 3.87. The zero-order valence-electron chi connectivity index (χ0n) is 10.8. The van der Waals surface area contributed by atoms with Crippen molar-refractivity contribution in [2.45, 2.75) is 37.8 Å². The first-order valence-corrected chi connectivity index (χ1v) is 6.83. The molecule has 3 rings (SSSR count). The number of nitrogens with two attached hydrogens (primary N) is 1. The van der Waals surface area contributed by atoms with Crippen LogP contribution in [0.1, 0.15) is 25.7 Å². The number of nitrogen functional groups attached to an aromatic ring is 1. The van der Waals surface area contributed by atoms with Crippen molar-refractivity contribution in [3.63, 3.8) is 0 Å². The first-order valence-electron chi connectivity index (χ1n) is 6.83. The van der Waals surface area contributed by atoms with Gasteiger partial charge in [0.1, 0.15) is 0 Å². The fraction of sp³-hybridized carbons (Fsp3) is 0.400. The van der Waals surface area contributed by atoms with Gasteiger partial charge in [0.05, 0.1) is 23.3 Å². The number of aromatic nitrogens is 1. The fourth-order valence-corrected chi connectivity index (χ4v) is 2.80. The van der Waals surface area contributed by atoms with Gasteiger partial charge in [0, 0.05) is 17.3 Å². The van der Waals surface area contributed by atoms with E-state index in [1.807, 2.05) is 24.3 Å². The van der Waals surface area contributed by atoms with Crippen LogP contribution in [0, 0.1) is 0 Å². The zero-order valence-corrected chi connectivity index (χ0v) is 10.8. The Balaban J connectivity index is 1.94. The Bertz CT molecular complexity index is 585. The van der Waals surface area contributed by atoms with Crippen LogP contribution >= 0.6 is 0 Å². The van der Waals surface area contributed by atoms with Crippen molar-refractivity contribution in [2.75, 3.05) is 11.1 Å². The summed E-state index contributed by atoms with van der Waals surface area (Å²) in [5.74, 6) is 0. The molecule has 2 atom stereocenters. The van der Waals surface area contributed by atoms with Crippen LogP contribution in [0.5, 0.6) is 0 Å². The molecule has 1 saturated carbocycles. The molecule has 4 N–H and O–H groups in total. The molecule has 2 aromatic rings. The van der Waals surface area contributed by atoms with E-state index < -0.39 is 0 Å². The smallest absolute Gasteiger partial charge is 0.0951 e. The average Bonchev–Trinajstić information content (AvgIpc) is 2.44. The van der Waals surface area contributed by atoms with Gasteiger partial charge in [-0.2, -0.15) is 0 Å². The van der Waals surface area contributed by atoms with Crippen LogP contribution in [-0.2, 0) is 0 Å². The number of pyridine rings is 1. The van der Waals surface area contributed by atoms with Crippen LogP contribution in [-0.4, -0.2) is 22.2 Å². The van der Waals surface area contributed by atoms with Crippen LogP contribution < -0.4 is 11.1 Å². The van der Waals surface area contributed by atoms with E-state index in [2.05, 4.69) is 10.3 Å². The molecule has 2 unspecified atom stereocenters. The summed E-state index contributed by atoms with van der Waals surface area (Å²) < 4.78 is 0. The number of hydrogen-bond acceptors (Lipinski definition) is 4. The van der Waals surface area contributed by atoms with E-state index in [0.29, 0.717) is 5.69 Å². The lowest BCUT2D eigenvalue weighted by molar-refractivity contribution is 0.116. The summed E-state index contributed by atoms with van der Waals surface area (Å²) in [6, 6.07) is 7.88. The minimum atomic E-state index is -0.266. The summed E-state index contributed by atoms with van der Waals surface area (Å²) in [6.45, 7) is 0. The van der Waals surface area contributed by atoms with E-state index in [9.17, 15) is 5.11 Å². The summed E-state index contributed by atoms with van der Waals surface area (Å²) in [6.07, 6.45) is 5.65. The van der Waals surface area contributed by atoms with Crippen LogP contribution in [0.15, 0.2) is 30.5 Å². The number of aliphatic hydroxyl groups excluding tert-OH is 1. The van der Waals surface area contributed by atoms with Gasteiger partial charge < -0.3 is 16.2 Å². The molecular formula is C15H19N3O. The Morgan fingerprint density at radius 1 is 1.21 bits per heavy atom. The highest BCUT2D eigenvalue weighted by Gasteiger charge is 2.23. The molecule has 1 heterocycles. The second kappa shape index (κ2) is 5.05. The minimum Gasteiger partial charge on any atom is -0.397 e. The Morgan fingerprint density at radius 3 is 2.89 bits per heavy atom. The second-order valence-electron chi connectivity index (χ2n) is 5.20. The van der Waals surface area contributed by atoms with Gasteiger partial charge in [-0.1, -0.05) is 12.8 Å². The number of hydrogen-bond donors (Lipinski definition) is 3. The lowest BCUT2D eigenvalue weighted by atomic mass is 9.92. The number of benzene rings is 1. The predicted octanol–water partition coefficient (Wildman–Crippen LogP) is 2.53. The van der Waals surface area contributed by atoms with Crippen molar-refractivity contribution >= 4 is 22.3 Å². The molecular weight excluding hydrogens is 238 g/mol. The minimum absolute atomic E-state index is 0.126. The van der Waals surface area contributed by atoms with Gasteiger partial charge in [0.15, 0.2) is 0 Å². The molecule has 19 heavy (non-hydrogen) atoms. The Hall–Kier alpha value is -1.81. The Labute approximate surface area is 112 Å². The van der Waals surface area contributed by atoms with E-state index in [0.717, 1.165) is 35.9 Å². The first kappa shape index (κ1) is 12.2. The fourth-order valence-electron chi connectivity index (χ4n) is 2.80. The molecule has 4 nitrogen and oxygen atoms in total. The highest BCUT2D eigenvalue weighted by atomic mass is 16.3. The Kier molecular flexibility index (Phi) is 3.25. The van der Waals surface area contributed by atoms with Gasteiger partial charge in [-0.05, 0) is 37.1 Å². The van der Waals surface area contributed by atoms with E-state index >= 15 is 0 Å². The highest BCUT2D eigenvalue weighted by Crippen LogP contribution is 2.29. The largest absolute Gasteiger partial charge is 0.397 e. The van der Waals surface area contributed by atoms with Crippen molar-refractivity contribution in [3.05, 3.63) is 30.5 Å². The topological polar surface area (TPSA) is 71.2 Å². The lowest BCUT2D eigenvalue weighted by Crippen LogP contribution is -2.36. The molecule has 1 aliphatic rings. The summed E-state index contributed by atoms with van der Waals surface area (Å²) in [5, 5.41) is 14.5. The van der Waals surface area contributed by atoms with Crippen molar-refractivity contribution in [1.82, 2.24) is 4.98 Å². The maximum atomic E-state index is 10.1. The Morgan fingerprint density at radius 2 is 2.05 bits per heavy atom. The van der Waals surface area contributed by atoms with Crippen molar-refractivity contribution in [1.29, 1.82) is 0 Å². The SMILES string of the molecule is Nc1ccc(NC2CCCCC2O)c2cccnc12. The number of nitrogens with one attached hydrogen (secondary N) is 1. The molecule has 0 amide bonds. The van der Waals surface area contributed by atoms with Gasteiger partial charge in [-0.15, -0.1) is 0 Å². The molecule has 1 fully saturated rings. The molecule has 1 aromatic heterocycles. The molecule has 0 radical (unpaired) electrons. The predicted molar refractivity (Wildman–Crippen MR) is 78.0 cm³/mol. The summed E-state index contributed by atoms with van der Waals surface area (Å²) in [7, 11) is 0. The molecule has 0 aliphatic heterocycles. The maximum Gasteiger partial charge on any atom is 0.0951 e. The summed E-state index contributed by atoms with van der Waals surface area (Å²) >= 11 is 0. The van der Waals surface area contributed by atoms with Crippen LogP contribution in [0.25, 0.3) is 10.9 Å². The van der Waals surface area contributed by atoms with Crippen LogP contribution in [0.3, 0.4) is 0 Å². The quantitative estimate of drug-likeness (QED) is 0.723. The van der Waals surface area contributed by atoms with E-state index in [1.165, 1.54) is 6.42 Å². The summed E-state index contributed by atoms with van der Waals surface area (Å²) in [4.78, 5) is 4.33. The van der Waals surface area contributed by atoms with Crippen LogP contribution in [0.4, 0.5) is 11.4 Å². The molecule has 1 aliphatic carbocycles. The maximum absolute atomic E-state index is 10.1. The first-order chi connectivity index (χ1) is 9.25. The standard InChI is InChI=1S/C15H19N3O/c16-11-7-8-12(10-4-3-9-17-15(10)11)18-13-5-1-2-6-14(13)19/h3-4,7-9,13-14,18-19H,1-2,5-6,16H2. The molecule has 0 saturated heterocycles. The lowest BCUT2D eigenvalue weighted by Gasteiger charge is -2.29. The van der Waals surface area contributed by atoms with Crippen molar-refractivity contribution < 1.29 is 5.11 Å². The molecule has 1 aromatic carbocycles. The number of rotatable bonds is 2. The zero-order chi connectivity index (χ0) is 13.2. The number of nitrogens with zero attached hydrogens (tertiary/aromatic N) is 1. The van der Waals surface area contributed by atoms with Crippen molar-refractivity contribution in [2.24, 2.45) is 0 Å². The highest BCUT2D eigenvalue weighted by molar-refractivity contribution is 5.98. The average molecular weight is 257 g/mol. The van der Waals surface area contributed by atoms with E-state index in [-0.39, 0.29) is 12.1 Å². The van der Waals surface area contributed by atoms with Gasteiger partial charge in [0.25, 0.3) is 0 Å². The van der Waals surface area contributed by atoms with E-state index in [4.69, 9.17) is 5.73 Å². The number of aliphatic hydroxyl groups is 1. The van der Waals surface area contributed by atoms with Gasteiger partial charge in [-0.3, -0.25) is 4.98 Å². The third kappa shape index (κ3) is 2.36. The van der Waals surface area contributed by atoms with Crippen molar-refractivity contribution in [3.8, 4) is 0 Å². The normalized spacial score (nSPS) is 23.4. The molecule has 0 spiro atoms. The van der Waals surface area contributed by atoms with Gasteiger partial charge in [-0.25, -0.2) is 0 Å².